The van der Waals surface area contributed by atoms with Gasteiger partial charge in [0.15, 0.2) is 6.29 Å². The molecule has 0 saturated carbocycles. The maximum Gasteiger partial charge on any atom is 0.309 e. The number of carbonyl (C=O) groups excluding carboxylic acids is 1. The lowest BCUT2D eigenvalue weighted by atomic mass is 9.63. The molecule has 2 bridgehead atoms. The summed E-state index contributed by atoms with van der Waals surface area (Å²) in [5.74, 6) is -0.835. The summed E-state index contributed by atoms with van der Waals surface area (Å²) in [5, 5.41) is 27.1. The van der Waals surface area contributed by atoms with Gasteiger partial charge >= 0.3 is 5.97 Å². The van der Waals surface area contributed by atoms with E-state index in [2.05, 4.69) is 65.3 Å². The van der Waals surface area contributed by atoms with Crippen molar-refractivity contribution in [3.8, 4) is 0 Å². The number of likely N-dealkylation sites (N-methyl/N-ethyl adjacent to an activating group) is 1. The summed E-state index contributed by atoms with van der Waals surface area (Å²) in [6, 6.07) is 0.0253. The Morgan fingerprint density at radius 1 is 1.00 bits per heavy atom. The maximum absolute atomic E-state index is 14.8. The molecule has 0 amide bonds. The number of ether oxygens (including phenoxy) is 5. The number of carbonyl (C=O) groups is 1. The van der Waals surface area contributed by atoms with Crippen LogP contribution < -0.4 is 5.32 Å². The first kappa shape index (κ1) is 45.6. The second-order valence-electron chi connectivity index (χ2n) is 19.6. The van der Waals surface area contributed by atoms with Crippen molar-refractivity contribution in [2.24, 2.45) is 40.4 Å². The van der Waals surface area contributed by atoms with E-state index in [0.717, 1.165) is 38.6 Å². The van der Waals surface area contributed by atoms with Crippen LogP contribution in [0.25, 0.3) is 0 Å². The van der Waals surface area contributed by atoms with Gasteiger partial charge in [0, 0.05) is 36.9 Å². The van der Waals surface area contributed by atoms with Crippen molar-refractivity contribution < 1.29 is 38.7 Å². The zero-order valence-corrected chi connectivity index (χ0v) is 36.5. The van der Waals surface area contributed by atoms with Gasteiger partial charge in [-0.25, -0.2) is 0 Å². The van der Waals surface area contributed by atoms with Crippen molar-refractivity contribution in [3.05, 3.63) is 12.2 Å². The van der Waals surface area contributed by atoms with Gasteiger partial charge in [-0.05, 0) is 116 Å². The van der Waals surface area contributed by atoms with Crippen molar-refractivity contribution >= 4 is 5.97 Å². The summed E-state index contributed by atoms with van der Waals surface area (Å²) < 4.78 is 33.3. The number of fused-ring (bicyclic) bond motifs is 15. The van der Waals surface area contributed by atoms with Crippen molar-refractivity contribution in [2.45, 2.75) is 194 Å². The van der Waals surface area contributed by atoms with Gasteiger partial charge < -0.3 is 44.1 Å². The smallest absolute Gasteiger partial charge is 0.309 e. The van der Waals surface area contributed by atoms with Crippen LogP contribution in [0.2, 0.25) is 0 Å². The summed E-state index contributed by atoms with van der Waals surface area (Å²) in [7, 11) is 5.62. The molecular formula is C44H80N2O8. The normalized spacial score (nSPS) is 47.5. The standard InChI is InChI=1S/C44H80N2O8/c1-16-35-42(9,10)32-18-17-25(2)19-20-43(11,22-27(4)45-24-26(32)3)39(54-41-37(47)33(46(13)14)21-28(5)51-41)29(6)36(30(7)40(49)53-35)34-23-44(12,50-15)38(48)31(8)52-34/h26-39,41,45,47-48H,2,16-24H2,1,3-15H3/t26-,27+,28+,29-,30+,31-,32+,33-,34+,35+,36?,37+,38-,39+,41-,43+,44+/m0/s1. The first-order valence-corrected chi connectivity index (χ1v) is 21.2. The van der Waals surface area contributed by atoms with Crippen LogP contribution in [0, 0.1) is 40.4 Å². The molecule has 5 aliphatic heterocycles. The molecule has 0 aliphatic carbocycles. The Hall–Kier alpha value is -1.11. The molecule has 0 aromatic rings. The number of hydrogen-bond acceptors (Lipinski definition) is 10. The molecule has 5 rings (SSSR count). The second-order valence-corrected chi connectivity index (χ2v) is 19.6. The Kier molecular flexibility index (Phi) is 15.4. The summed E-state index contributed by atoms with van der Waals surface area (Å²) in [5.41, 5.74) is -0.364. The average Bonchev–Trinajstić information content (AvgIpc) is 3.10. The van der Waals surface area contributed by atoms with Gasteiger partial charge in [-0.1, -0.05) is 60.6 Å². The number of esters is 1. The highest BCUT2D eigenvalue weighted by atomic mass is 16.7. The highest BCUT2D eigenvalue weighted by Crippen LogP contribution is 2.50. The van der Waals surface area contributed by atoms with Crippen LogP contribution in [0.5, 0.6) is 0 Å². The van der Waals surface area contributed by atoms with Gasteiger partial charge in [0.2, 0.25) is 0 Å². The SMILES string of the molecule is C=C1CC[C@@H]2[C@@H](C)CN[C@H](C)C[C@@](C)(CC1)[C@H](O[C@@H]1O[C@H](C)C[C@H](N(C)C)[C@H]1O)[C@@H](C)C([C@H]1C[C@@](C)(OC)[C@@H](O)[C@H](C)O1)[C@@H](C)C(=O)O[C@H](CC)C2(C)C. The Bertz CT molecular complexity index is 1250. The zero-order valence-electron chi connectivity index (χ0n) is 36.5. The van der Waals surface area contributed by atoms with E-state index in [-0.39, 0.29) is 47.5 Å². The van der Waals surface area contributed by atoms with Crippen LogP contribution >= 0.6 is 0 Å². The predicted molar refractivity (Wildman–Crippen MR) is 214 cm³/mol. The second kappa shape index (κ2) is 18.2. The number of aliphatic hydroxyl groups excluding tert-OH is 2. The van der Waals surface area contributed by atoms with Crippen molar-refractivity contribution in [3.63, 3.8) is 0 Å². The number of aliphatic hydroxyl groups is 2. The molecule has 0 spiro atoms. The average molecular weight is 765 g/mol. The quantitative estimate of drug-likeness (QED) is 0.198. The van der Waals surface area contributed by atoms with Crippen molar-refractivity contribution in [1.29, 1.82) is 0 Å². The van der Waals surface area contributed by atoms with Gasteiger partial charge in [-0.3, -0.25) is 4.79 Å². The van der Waals surface area contributed by atoms with E-state index in [1.165, 1.54) is 5.57 Å². The molecular weight excluding hydrogens is 684 g/mol. The van der Waals surface area contributed by atoms with Crippen LogP contribution in [0.1, 0.15) is 128 Å². The van der Waals surface area contributed by atoms with Gasteiger partial charge in [0.05, 0.1) is 35.9 Å². The van der Waals surface area contributed by atoms with Crippen molar-refractivity contribution in [2.75, 3.05) is 27.7 Å². The molecule has 10 nitrogen and oxygen atoms in total. The van der Waals surface area contributed by atoms with Crippen LogP contribution in [-0.2, 0) is 28.5 Å². The minimum atomic E-state index is -0.883. The van der Waals surface area contributed by atoms with E-state index in [1.54, 1.807) is 7.11 Å². The van der Waals surface area contributed by atoms with Gasteiger partial charge in [0.25, 0.3) is 0 Å². The lowest BCUT2D eigenvalue weighted by Gasteiger charge is -2.52. The van der Waals surface area contributed by atoms with E-state index in [0.29, 0.717) is 31.1 Å². The number of hydrogen-bond donors (Lipinski definition) is 3. The number of rotatable bonds is 6. The fourth-order valence-corrected chi connectivity index (χ4v) is 11.3. The van der Waals surface area contributed by atoms with E-state index in [1.807, 2.05) is 41.8 Å². The largest absolute Gasteiger partial charge is 0.462 e. The fraction of sp³-hybridized carbons (Fsp3) is 0.932. The Morgan fingerprint density at radius 2 is 1.67 bits per heavy atom. The highest BCUT2D eigenvalue weighted by Gasteiger charge is 2.55. The number of allylic oxidation sites excluding steroid dienone is 1. The molecule has 17 atom stereocenters. The third kappa shape index (κ3) is 9.77. The molecule has 5 aliphatic rings. The monoisotopic (exact) mass is 765 g/mol. The van der Waals surface area contributed by atoms with Gasteiger partial charge in [-0.15, -0.1) is 0 Å². The molecule has 314 valence electrons. The lowest BCUT2D eigenvalue weighted by Crippen LogP contribution is -2.61. The zero-order chi connectivity index (χ0) is 40.5. The van der Waals surface area contributed by atoms with Crippen molar-refractivity contribution in [1.82, 2.24) is 10.2 Å². The summed E-state index contributed by atoms with van der Waals surface area (Å²) >= 11 is 0. The Morgan fingerprint density at radius 3 is 2.28 bits per heavy atom. The number of nitrogens with one attached hydrogen (secondary N) is 1. The van der Waals surface area contributed by atoms with Gasteiger partial charge in [-0.2, -0.15) is 0 Å². The third-order valence-corrected chi connectivity index (χ3v) is 14.8. The van der Waals surface area contributed by atoms with E-state index < -0.39 is 53.7 Å². The summed E-state index contributed by atoms with van der Waals surface area (Å²) in [6.07, 6.45) is 1.73. The molecule has 0 aromatic heterocycles. The molecule has 0 aromatic carbocycles. The van der Waals surface area contributed by atoms with Crippen LogP contribution in [0.4, 0.5) is 0 Å². The molecule has 3 N–H and O–H groups in total. The fourth-order valence-electron chi connectivity index (χ4n) is 11.3. The first-order valence-electron chi connectivity index (χ1n) is 21.2. The summed E-state index contributed by atoms with van der Waals surface area (Å²) in [4.78, 5) is 16.8. The Balaban J connectivity index is 1.96. The topological polar surface area (TPSA) is 119 Å². The summed E-state index contributed by atoms with van der Waals surface area (Å²) in [6.45, 7) is 29.1. The minimum absolute atomic E-state index is 0.118. The first-order chi connectivity index (χ1) is 25.1. The molecule has 5 saturated heterocycles. The lowest BCUT2D eigenvalue weighted by molar-refractivity contribution is -0.295. The minimum Gasteiger partial charge on any atom is -0.462 e. The van der Waals surface area contributed by atoms with Crippen LogP contribution in [0.15, 0.2) is 12.2 Å². The molecule has 0 radical (unpaired) electrons. The molecule has 5 heterocycles. The third-order valence-electron chi connectivity index (χ3n) is 14.8. The molecule has 1 unspecified atom stereocenters. The Labute approximate surface area is 328 Å². The molecule has 54 heavy (non-hydrogen) atoms. The number of methoxy groups -OCH3 is 1. The van der Waals surface area contributed by atoms with Crippen LogP contribution in [-0.4, -0.2) is 116 Å². The van der Waals surface area contributed by atoms with Crippen LogP contribution in [0.3, 0.4) is 0 Å². The maximum atomic E-state index is 14.8. The molecule has 5 fully saturated rings. The predicted octanol–water partition coefficient (Wildman–Crippen LogP) is 6.75. The number of nitrogens with zero attached hydrogens (tertiary/aromatic N) is 1. The van der Waals surface area contributed by atoms with Gasteiger partial charge in [0.1, 0.15) is 18.3 Å². The highest BCUT2D eigenvalue weighted by molar-refractivity contribution is 5.73. The molecule has 10 heteroatoms. The van der Waals surface area contributed by atoms with E-state index >= 15 is 0 Å². The van der Waals surface area contributed by atoms with E-state index in [9.17, 15) is 15.0 Å². The van der Waals surface area contributed by atoms with E-state index in [4.69, 9.17) is 23.7 Å².